The zero-order chi connectivity index (χ0) is 16.3. The number of fused-ring (bicyclic) bond motifs is 1. The van der Waals surface area contributed by atoms with Gasteiger partial charge in [0.05, 0.1) is 18.3 Å². The minimum absolute atomic E-state index is 0.103. The molecule has 0 unspecified atom stereocenters. The number of nitrogens with one attached hydrogen (secondary N) is 2. The van der Waals surface area contributed by atoms with Crippen molar-refractivity contribution in [3.8, 4) is 0 Å². The summed E-state index contributed by atoms with van der Waals surface area (Å²) in [6.45, 7) is 5.85. The average molecular weight is 322 g/mol. The summed E-state index contributed by atoms with van der Waals surface area (Å²) >= 11 is 1.46. The van der Waals surface area contributed by atoms with E-state index in [0.717, 1.165) is 10.4 Å². The lowest BCUT2D eigenvalue weighted by Crippen LogP contribution is -2.39. The fourth-order valence-electron chi connectivity index (χ4n) is 2.03. The van der Waals surface area contributed by atoms with Gasteiger partial charge in [0.15, 0.2) is 0 Å². The maximum atomic E-state index is 12.4. The highest BCUT2D eigenvalue weighted by molar-refractivity contribution is 7.18. The van der Waals surface area contributed by atoms with Crippen molar-refractivity contribution in [2.45, 2.75) is 27.3 Å². The Morgan fingerprint density at radius 2 is 2.00 bits per heavy atom. The van der Waals surface area contributed by atoms with Gasteiger partial charge in [0.1, 0.15) is 11.4 Å². The third kappa shape index (κ3) is 3.33. The molecule has 118 valence electrons. The lowest BCUT2D eigenvalue weighted by Gasteiger charge is -2.07. The summed E-state index contributed by atoms with van der Waals surface area (Å²) in [4.78, 5) is 41.5. The Kier molecular flexibility index (Phi) is 4.92. The van der Waals surface area contributed by atoms with Gasteiger partial charge >= 0.3 is 0 Å². The molecule has 0 saturated carbocycles. The average Bonchev–Trinajstić information content (AvgIpc) is 2.76. The van der Waals surface area contributed by atoms with Crippen molar-refractivity contribution in [2.75, 3.05) is 13.1 Å². The highest BCUT2D eigenvalue weighted by Crippen LogP contribution is 2.25. The first-order valence-corrected chi connectivity index (χ1v) is 7.74. The van der Waals surface area contributed by atoms with Crippen molar-refractivity contribution in [1.82, 2.24) is 20.2 Å². The van der Waals surface area contributed by atoms with Crippen molar-refractivity contribution in [3.05, 3.63) is 27.1 Å². The second-order valence-corrected chi connectivity index (χ2v) is 6.07. The largest absolute Gasteiger partial charge is 0.355 e. The number of hydrogen-bond acceptors (Lipinski definition) is 5. The van der Waals surface area contributed by atoms with Gasteiger partial charge in [-0.2, -0.15) is 0 Å². The quantitative estimate of drug-likeness (QED) is 0.829. The molecule has 2 aromatic rings. The number of aryl methyl sites for hydroxylation is 2. The number of aromatic nitrogens is 2. The van der Waals surface area contributed by atoms with E-state index in [1.807, 2.05) is 13.8 Å². The maximum absolute atomic E-state index is 12.4. The van der Waals surface area contributed by atoms with Gasteiger partial charge in [-0.05, 0) is 26.3 Å². The van der Waals surface area contributed by atoms with E-state index in [9.17, 15) is 14.4 Å². The molecule has 0 aliphatic rings. The van der Waals surface area contributed by atoms with E-state index in [1.165, 1.54) is 22.2 Å². The summed E-state index contributed by atoms with van der Waals surface area (Å²) in [5, 5.41) is 5.61. The third-order valence-corrected chi connectivity index (χ3v) is 4.41. The van der Waals surface area contributed by atoms with Gasteiger partial charge in [-0.1, -0.05) is 0 Å². The summed E-state index contributed by atoms with van der Waals surface area (Å²) in [6, 6.07) is 0. The molecule has 0 bridgehead atoms. The third-order valence-electron chi connectivity index (χ3n) is 3.29. The van der Waals surface area contributed by atoms with Crippen LogP contribution in [0.3, 0.4) is 0 Å². The van der Waals surface area contributed by atoms with Crippen molar-refractivity contribution in [2.24, 2.45) is 0 Å². The Morgan fingerprint density at radius 3 is 2.68 bits per heavy atom. The van der Waals surface area contributed by atoms with E-state index in [-0.39, 0.29) is 24.6 Å². The van der Waals surface area contributed by atoms with Crippen LogP contribution >= 0.6 is 11.3 Å². The van der Waals surface area contributed by atoms with Gasteiger partial charge in [0.2, 0.25) is 11.8 Å². The number of amides is 2. The van der Waals surface area contributed by atoms with Crippen LogP contribution < -0.4 is 16.2 Å². The Hall–Kier alpha value is -2.22. The maximum Gasteiger partial charge on any atom is 0.262 e. The molecule has 0 aliphatic heterocycles. The molecule has 0 radical (unpaired) electrons. The first kappa shape index (κ1) is 16.2. The molecule has 0 aliphatic carbocycles. The number of likely N-dealkylation sites (N-methyl/N-ethyl adjacent to an activating group) is 1. The number of nitrogens with zero attached hydrogens (tertiary/aromatic N) is 2. The second-order valence-electron chi connectivity index (χ2n) is 4.87. The van der Waals surface area contributed by atoms with E-state index in [1.54, 1.807) is 6.92 Å². The van der Waals surface area contributed by atoms with Crippen LogP contribution in [0.1, 0.15) is 17.4 Å². The van der Waals surface area contributed by atoms with E-state index in [0.29, 0.717) is 16.8 Å². The zero-order valence-corrected chi connectivity index (χ0v) is 13.5. The lowest BCUT2D eigenvalue weighted by atomic mass is 10.2. The fraction of sp³-hybridized carbons (Fsp3) is 0.429. The van der Waals surface area contributed by atoms with Crippen molar-refractivity contribution >= 4 is 33.4 Å². The SMILES string of the molecule is CCNC(=O)CNC(=O)Cn1cnc2sc(C)c(C)c2c1=O. The summed E-state index contributed by atoms with van der Waals surface area (Å²) < 4.78 is 1.26. The lowest BCUT2D eigenvalue weighted by molar-refractivity contribution is -0.126. The zero-order valence-electron chi connectivity index (χ0n) is 12.7. The van der Waals surface area contributed by atoms with Crippen LogP contribution in [-0.2, 0) is 16.1 Å². The minimum Gasteiger partial charge on any atom is -0.355 e. The molecule has 2 heterocycles. The molecular formula is C14H18N4O3S. The molecule has 0 aromatic carbocycles. The molecule has 0 atom stereocenters. The molecule has 2 rings (SSSR count). The summed E-state index contributed by atoms with van der Waals surface area (Å²) in [7, 11) is 0. The Balaban J connectivity index is 2.13. The van der Waals surface area contributed by atoms with Gasteiger partial charge < -0.3 is 10.6 Å². The smallest absolute Gasteiger partial charge is 0.262 e. The first-order chi connectivity index (χ1) is 10.4. The first-order valence-electron chi connectivity index (χ1n) is 6.92. The second kappa shape index (κ2) is 6.69. The van der Waals surface area contributed by atoms with Crippen LogP contribution in [-0.4, -0.2) is 34.5 Å². The van der Waals surface area contributed by atoms with Crippen LogP contribution in [0.4, 0.5) is 0 Å². The molecule has 8 heteroatoms. The van der Waals surface area contributed by atoms with Gasteiger partial charge in [0.25, 0.3) is 5.56 Å². The highest BCUT2D eigenvalue weighted by atomic mass is 32.1. The normalized spacial score (nSPS) is 10.7. The molecule has 2 amide bonds. The topological polar surface area (TPSA) is 93.1 Å². The van der Waals surface area contributed by atoms with E-state index in [2.05, 4.69) is 15.6 Å². The van der Waals surface area contributed by atoms with Crippen LogP contribution in [0.25, 0.3) is 10.2 Å². The molecule has 0 saturated heterocycles. The van der Waals surface area contributed by atoms with E-state index >= 15 is 0 Å². The predicted molar refractivity (Wildman–Crippen MR) is 85.0 cm³/mol. The number of rotatable bonds is 5. The number of hydrogen-bond donors (Lipinski definition) is 2. The minimum atomic E-state index is -0.404. The van der Waals surface area contributed by atoms with Crippen LogP contribution in [0.15, 0.2) is 11.1 Å². The summed E-state index contributed by atoms with van der Waals surface area (Å²) in [5.41, 5.74) is 0.662. The molecule has 2 N–H and O–H groups in total. The molecule has 0 fully saturated rings. The Morgan fingerprint density at radius 1 is 1.27 bits per heavy atom. The van der Waals surface area contributed by atoms with Crippen molar-refractivity contribution < 1.29 is 9.59 Å². The number of carbonyl (C=O) groups excluding carboxylic acids is 2. The van der Waals surface area contributed by atoms with Gasteiger partial charge in [-0.25, -0.2) is 4.98 Å². The standard InChI is InChI=1S/C14H18N4O3S/c1-4-15-10(19)5-16-11(20)6-18-7-17-13-12(14(18)21)8(2)9(3)22-13/h7H,4-6H2,1-3H3,(H,15,19)(H,16,20). The van der Waals surface area contributed by atoms with E-state index < -0.39 is 5.91 Å². The van der Waals surface area contributed by atoms with Gasteiger partial charge in [0, 0.05) is 11.4 Å². The monoisotopic (exact) mass is 322 g/mol. The van der Waals surface area contributed by atoms with Crippen LogP contribution in [0, 0.1) is 13.8 Å². The molecule has 2 aromatic heterocycles. The van der Waals surface area contributed by atoms with Crippen molar-refractivity contribution in [1.29, 1.82) is 0 Å². The Bertz CT molecular complexity index is 778. The van der Waals surface area contributed by atoms with Crippen LogP contribution in [0.5, 0.6) is 0 Å². The molecule has 22 heavy (non-hydrogen) atoms. The van der Waals surface area contributed by atoms with Gasteiger partial charge in [-0.3, -0.25) is 19.0 Å². The molecule has 0 spiro atoms. The van der Waals surface area contributed by atoms with E-state index in [4.69, 9.17) is 0 Å². The Labute approximate surface area is 131 Å². The van der Waals surface area contributed by atoms with Crippen molar-refractivity contribution in [3.63, 3.8) is 0 Å². The predicted octanol–water partition coefficient (Wildman–Crippen LogP) is 0.327. The summed E-state index contributed by atoms with van der Waals surface area (Å²) in [6.07, 6.45) is 1.37. The molecular weight excluding hydrogens is 304 g/mol. The fourth-order valence-corrected chi connectivity index (χ4v) is 3.02. The number of thiophene rings is 1. The van der Waals surface area contributed by atoms with Crippen LogP contribution in [0.2, 0.25) is 0 Å². The number of carbonyl (C=O) groups is 2. The summed E-state index contributed by atoms with van der Waals surface area (Å²) in [5.74, 6) is -0.666. The highest BCUT2D eigenvalue weighted by Gasteiger charge is 2.13. The molecule has 7 nitrogen and oxygen atoms in total. The van der Waals surface area contributed by atoms with Gasteiger partial charge in [-0.15, -0.1) is 11.3 Å².